The summed E-state index contributed by atoms with van der Waals surface area (Å²) in [5, 5.41) is 10.7. The van der Waals surface area contributed by atoms with Gasteiger partial charge < -0.3 is 15.4 Å². The molecule has 0 aliphatic carbocycles. The Morgan fingerprint density at radius 1 is 1.07 bits per heavy atom. The Hall–Kier alpha value is -3.42. The number of nitrogens with two attached hydrogens (primary N) is 1. The number of ether oxygens (including phenoxy) is 1. The van der Waals surface area contributed by atoms with Crippen LogP contribution in [0.5, 0.6) is 0 Å². The third-order valence-corrected chi connectivity index (χ3v) is 8.82. The number of thiophene rings is 1. The number of aromatic nitrogens is 3. The molecule has 0 unspecified atom stereocenters. The highest BCUT2D eigenvalue weighted by atomic mass is 32.1. The van der Waals surface area contributed by atoms with E-state index in [1.807, 2.05) is 19.9 Å². The van der Waals surface area contributed by atoms with Gasteiger partial charge in [0.25, 0.3) is 0 Å². The predicted octanol–water partition coefficient (Wildman–Crippen LogP) is 8.52. The zero-order valence-corrected chi connectivity index (χ0v) is 26.2. The molecule has 1 fully saturated rings. The predicted molar refractivity (Wildman–Crippen MR) is 167 cm³/mol. The van der Waals surface area contributed by atoms with E-state index in [-0.39, 0.29) is 56.1 Å². The first-order chi connectivity index (χ1) is 20.3. The molecule has 1 aromatic carbocycles. The van der Waals surface area contributed by atoms with E-state index in [0.717, 1.165) is 49.0 Å². The van der Waals surface area contributed by atoms with Crippen LogP contribution in [-0.4, -0.2) is 28.0 Å². The number of rotatable bonds is 6. The minimum Gasteiger partial charge on any atom is -0.389 e. The van der Waals surface area contributed by atoms with Crippen molar-refractivity contribution in [2.24, 2.45) is 5.41 Å². The van der Waals surface area contributed by atoms with Crippen molar-refractivity contribution in [2.75, 3.05) is 23.7 Å². The zero-order chi connectivity index (χ0) is 30.6. The molecule has 0 atom stereocenters. The van der Waals surface area contributed by atoms with Crippen LogP contribution in [0.2, 0.25) is 0 Å². The van der Waals surface area contributed by atoms with Gasteiger partial charge in [0.2, 0.25) is 5.95 Å². The fourth-order valence-electron chi connectivity index (χ4n) is 5.47. The quantitative estimate of drug-likeness (QED) is 0.239. The van der Waals surface area contributed by atoms with Gasteiger partial charge in [-0.25, -0.2) is 18.7 Å². The molecule has 6 rings (SSSR count). The molecule has 2 aliphatic heterocycles. The Balaban J connectivity index is 0.000000624. The van der Waals surface area contributed by atoms with Gasteiger partial charge in [-0.2, -0.15) is 5.26 Å². The minimum atomic E-state index is -0.602. The molecule has 2 N–H and O–H groups in total. The summed E-state index contributed by atoms with van der Waals surface area (Å²) in [6.07, 6.45) is 8.80. The van der Waals surface area contributed by atoms with Crippen molar-refractivity contribution >= 4 is 43.3 Å². The van der Waals surface area contributed by atoms with Crippen LogP contribution >= 0.6 is 11.3 Å². The fraction of sp³-hybridized carbons (Fsp3) is 0.500. The van der Waals surface area contributed by atoms with E-state index in [2.05, 4.69) is 47.5 Å². The summed E-state index contributed by atoms with van der Waals surface area (Å²) in [6.45, 7) is 14.9. The number of hydrogen-bond acceptors (Lipinski definition) is 8. The van der Waals surface area contributed by atoms with Crippen LogP contribution in [0.25, 0.3) is 32.2 Å². The molecule has 7 nitrogen and oxygen atoms in total. The molecule has 0 spiro atoms. The molecule has 0 amide bonds. The summed E-state index contributed by atoms with van der Waals surface area (Å²) in [6, 6.07) is 2.03. The lowest BCUT2D eigenvalue weighted by molar-refractivity contribution is 0.135. The van der Waals surface area contributed by atoms with Crippen LogP contribution in [0, 0.1) is 28.4 Å². The molecular weight excluding hydrogens is 554 g/mol. The first kappa shape index (κ1) is 31.5. The van der Waals surface area contributed by atoms with Crippen LogP contribution in [0.4, 0.5) is 19.7 Å². The first-order valence-corrected chi connectivity index (χ1v) is 15.7. The third-order valence-electron chi connectivity index (χ3n) is 7.79. The number of unbranched alkanes of at least 4 members (excludes halogenated alkanes) is 2. The molecule has 4 aromatic rings. The number of anilines is 2. The molecule has 1 saturated heterocycles. The molecule has 5 heterocycles. The molecular formula is C32H40F2N6OS. The van der Waals surface area contributed by atoms with Gasteiger partial charge in [-0.3, -0.25) is 4.98 Å². The van der Waals surface area contributed by atoms with E-state index in [9.17, 15) is 9.65 Å². The SMILES string of the molecule is CC.CCCC.CCCCC1(C)CN(c2ncc3c4c(c(-c5ncc(F)c6sc(N)c(C#N)c56)c(F)c3n2)COC4)C1. The molecule has 224 valence electrons. The van der Waals surface area contributed by atoms with Crippen LogP contribution in [-0.2, 0) is 18.0 Å². The smallest absolute Gasteiger partial charge is 0.226 e. The van der Waals surface area contributed by atoms with Crippen molar-refractivity contribution in [2.45, 2.75) is 86.9 Å². The second kappa shape index (κ2) is 13.3. The van der Waals surface area contributed by atoms with E-state index in [4.69, 9.17) is 10.5 Å². The monoisotopic (exact) mass is 594 g/mol. The molecule has 0 bridgehead atoms. The largest absolute Gasteiger partial charge is 0.389 e. The number of fused-ring (bicyclic) bond motifs is 4. The van der Waals surface area contributed by atoms with Crippen LogP contribution in [0.1, 0.15) is 90.3 Å². The van der Waals surface area contributed by atoms with Crippen molar-refractivity contribution in [3.8, 4) is 17.3 Å². The maximum Gasteiger partial charge on any atom is 0.226 e. The van der Waals surface area contributed by atoms with Gasteiger partial charge in [-0.1, -0.05) is 67.2 Å². The van der Waals surface area contributed by atoms with E-state index in [1.54, 1.807) is 6.20 Å². The molecule has 0 radical (unpaired) electrons. The Morgan fingerprint density at radius 2 is 1.76 bits per heavy atom. The second-order valence-corrected chi connectivity index (χ2v) is 12.0. The van der Waals surface area contributed by atoms with Crippen LogP contribution in [0.15, 0.2) is 12.4 Å². The Kier molecular flexibility index (Phi) is 9.95. The molecule has 42 heavy (non-hydrogen) atoms. The molecule has 0 saturated carbocycles. The van der Waals surface area contributed by atoms with Crippen molar-refractivity contribution in [1.29, 1.82) is 5.26 Å². The highest BCUT2D eigenvalue weighted by Crippen LogP contribution is 2.45. The number of nitrogens with zero attached hydrogens (tertiary/aromatic N) is 5. The van der Waals surface area contributed by atoms with E-state index >= 15 is 4.39 Å². The van der Waals surface area contributed by atoms with Gasteiger partial charge in [0.1, 0.15) is 16.6 Å². The third kappa shape index (κ3) is 5.64. The number of nitriles is 1. The van der Waals surface area contributed by atoms with E-state index in [1.165, 1.54) is 19.3 Å². The van der Waals surface area contributed by atoms with E-state index < -0.39 is 11.6 Å². The van der Waals surface area contributed by atoms with Gasteiger partial charge in [-0.05, 0) is 17.5 Å². The van der Waals surface area contributed by atoms with Gasteiger partial charge in [0, 0.05) is 41.0 Å². The Labute approximate surface area is 250 Å². The number of hydrogen-bond donors (Lipinski definition) is 1. The lowest BCUT2D eigenvalue weighted by Crippen LogP contribution is -2.55. The maximum atomic E-state index is 16.4. The summed E-state index contributed by atoms with van der Waals surface area (Å²) in [4.78, 5) is 15.5. The van der Waals surface area contributed by atoms with Gasteiger partial charge in [-0.15, -0.1) is 11.3 Å². The average molecular weight is 595 g/mol. The lowest BCUT2D eigenvalue weighted by atomic mass is 9.78. The van der Waals surface area contributed by atoms with Crippen molar-refractivity contribution < 1.29 is 13.5 Å². The van der Waals surface area contributed by atoms with Gasteiger partial charge >= 0.3 is 0 Å². The topological polar surface area (TPSA) is 101 Å². The highest BCUT2D eigenvalue weighted by molar-refractivity contribution is 7.23. The fourth-order valence-corrected chi connectivity index (χ4v) is 6.39. The van der Waals surface area contributed by atoms with Crippen LogP contribution in [0.3, 0.4) is 0 Å². The Bertz CT molecular complexity index is 1620. The summed E-state index contributed by atoms with van der Waals surface area (Å²) >= 11 is 0.958. The number of nitrogen functional groups attached to an aromatic ring is 1. The number of pyridine rings is 1. The van der Waals surface area contributed by atoms with E-state index in [0.29, 0.717) is 16.9 Å². The van der Waals surface area contributed by atoms with Gasteiger partial charge in [0.15, 0.2) is 11.6 Å². The lowest BCUT2D eigenvalue weighted by Gasteiger charge is -2.48. The second-order valence-electron chi connectivity index (χ2n) is 11.0. The standard InChI is InChI=1S/C26H24F2N6OS.C4H10.C2H6/c1-3-4-5-26(2)11-34(12-26)25-32-7-14-15-9-35-10-16(15)18(20(28)21(14)33-25)22-19-13(6-29)24(30)36-23(19)17(27)8-31-22;1-3-4-2;1-2/h7-8H,3-5,9-12,30H2,1-2H3;3-4H2,1-2H3;1-2H3. The van der Waals surface area contributed by atoms with Crippen LogP contribution < -0.4 is 10.6 Å². The average Bonchev–Trinajstić information content (AvgIpc) is 3.61. The van der Waals surface area contributed by atoms with Gasteiger partial charge in [0.05, 0.1) is 35.4 Å². The summed E-state index contributed by atoms with van der Waals surface area (Å²) in [5.41, 5.74) is 8.23. The minimum absolute atomic E-state index is 0.0967. The zero-order valence-electron chi connectivity index (χ0n) is 25.4. The first-order valence-electron chi connectivity index (χ1n) is 14.9. The maximum absolute atomic E-state index is 16.4. The summed E-state index contributed by atoms with van der Waals surface area (Å²) in [7, 11) is 0. The Morgan fingerprint density at radius 3 is 2.40 bits per heavy atom. The molecule has 2 aliphatic rings. The van der Waals surface area contributed by atoms with Crippen molar-refractivity contribution in [3.63, 3.8) is 0 Å². The molecule has 3 aromatic heterocycles. The number of halogens is 2. The normalized spacial score (nSPS) is 14.9. The van der Waals surface area contributed by atoms with Crippen molar-refractivity contribution in [3.05, 3.63) is 40.7 Å². The summed E-state index contributed by atoms with van der Waals surface area (Å²) < 4.78 is 36.8. The van der Waals surface area contributed by atoms with Crippen molar-refractivity contribution in [1.82, 2.24) is 15.0 Å². The molecule has 10 heteroatoms. The summed E-state index contributed by atoms with van der Waals surface area (Å²) in [5.74, 6) is -0.703. The number of benzene rings is 1. The highest BCUT2D eigenvalue weighted by Gasteiger charge is 2.39.